The van der Waals surface area contributed by atoms with E-state index in [1.54, 1.807) is 0 Å². The van der Waals surface area contributed by atoms with E-state index in [0.29, 0.717) is 12.0 Å². The van der Waals surface area contributed by atoms with Gasteiger partial charge in [-0.1, -0.05) is 6.92 Å². The zero-order valence-corrected chi connectivity index (χ0v) is 9.02. The van der Waals surface area contributed by atoms with Crippen molar-refractivity contribution in [3.05, 3.63) is 0 Å². The third kappa shape index (κ3) is 4.27. The van der Waals surface area contributed by atoms with E-state index in [1.807, 2.05) is 0 Å². The normalized spacial score (nSPS) is 24.9. The highest BCUT2D eigenvalue weighted by Crippen LogP contribution is 2.03. The van der Waals surface area contributed by atoms with Crippen molar-refractivity contribution in [3.63, 3.8) is 0 Å². The quantitative estimate of drug-likeness (QED) is 0.525. The first-order valence-corrected chi connectivity index (χ1v) is 5.51. The van der Waals surface area contributed by atoms with E-state index in [1.165, 1.54) is 0 Å². The maximum Gasteiger partial charge on any atom is 0.0826 e. The SMILES string of the molecule is CCN1CCOC(CNCCCl)C1. The summed E-state index contributed by atoms with van der Waals surface area (Å²) in [5.74, 6) is 0.671. The van der Waals surface area contributed by atoms with Gasteiger partial charge in [0.25, 0.3) is 0 Å². The summed E-state index contributed by atoms with van der Waals surface area (Å²) in [6, 6.07) is 0. The Hall–Kier alpha value is 0.170. The van der Waals surface area contributed by atoms with Crippen LogP contribution in [0, 0.1) is 0 Å². The van der Waals surface area contributed by atoms with Crippen LogP contribution in [0.25, 0.3) is 0 Å². The van der Waals surface area contributed by atoms with Gasteiger partial charge in [-0.25, -0.2) is 0 Å². The number of hydrogen-bond acceptors (Lipinski definition) is 3. The monoisotopic (exact) mass is 206 g/mol. The highest BCUT2D eigenvalue weighted by atomic mass is 35.5. The molecule has 1 N–H and O–H groups in total. The maximum atomic E-state index is 5.61. The molecule has 0 amide bonds. The van der Waals surface area contributed by atoms with E-state index in [-0.39, 0.29) is 0 Å². The van der Waals surface area contributed by atoms with Crippen LogP contribution in [-0.2, 0) is 4.74 Å². The average molecular weight is 207 g/mol. The molecule has 1 aliphatic rings. The third-order valence-electron chi connectivity index (χ3n) is 2.31. The number of rotatable bonds is 5. The van der Waals surface area contributed by atoms with E-state index < -0.39 is 0 Å². The Balaban J connectivity index is 2.11. The lowest BCUT2D eigenvalue weighted by atomic mass is 10.2. The molecule has 1 heterocycles. The molecule has 1 aliphatic heterocycles. The number of nitrogens with zero attached hydrogens (tertiary/aromatic N) is 1. The topological polar surface area (TPSA) is 24.5 Å². The van der Waals surface area contributed by atoms with Crippen molar-refractivity contribution in [2.75, 3.05) is 45.2 Å². The molecule has 3 nitrogen and oxygen atoms in total. The van der Waals surface area contributed by atoms with E-state index in [0.717, 1.165) is 39.3 Å². The van der Waals surface area contributed by atoms with Crippen molar-refractivity contribution < 1.29 is 4.74 Å². The van der Waals surface area contributed by atoms with Crippen LogP contribution in [0.5, 0.6) is 0 Å². The van der Waals surface area contributed by atoms with E-state index in [2.05, 4.69) is 17.1 Å². The standard InChI is InChI=1S/C9H19ClN2O/c1-2-12-5-6-13-9(8-12)7-11-4-3-10/h9,11H,2-8H2,1H3. The highest BCUT2D eigenvalue weighted by Gasteiger charge is 2.18. The predicted octanol–water partition coefficient (Wildman–Crippen LogP) is 0.536. The second-order valence-electron chi connectivity index (χ2n) is 3.28. The molecule has 0 bridgehead atoms. The molecule has 0 aromatic carbocycles. The van der Waals surface area contributed by atoms with Crippen LogP contribution in [0.2, 0.25) is 0 Å². The van der Waals surface area contributed by atoms with Gasteiger partial charge in [0.05, 0.1) is 12.7 Å². The number of morpholine rings is 1. The van der Waals surface area contributed by atoms with Gasteiger partial charge < -0.3 is 10.1 Å². The zero-order valence-electron chi connectivity index (χ0n) is 8.26. The smallest absolute Gasteiger partial charge is 0.0826 e. The lowest BCUT2D eigenvalue weighted by molar-refractivity contribution is -0.0249. The van der Waals surface area contributed by atoms with Crippen molar-refractivity contribution in [2.45, 2.75) is 13.0 Å². The number of ether oxygens (including phenoxy) is 1. The van der Waals surface area contributed by atoms with Crippen LogP contribution in [-0.4, -0.2) is 56.2 Å². The van der Waals surface area contributed by atoms with E-state index in [9.17, 15) is 0 Å². The van der Waals surface area contributed by atoms with Gasteiger partial charge in [-0.15, -0.1) is 11.6 Å². The molecule has 0 saturated carbocycles. The fourth-order valence-electron chi connectivity index (χ4n) is 1.52. The molecular weight excluding hydrogens is 188 g/mol. The molecule has 78 valence electrons. The fourth-order valence-corrected chi connectivity index (χ4v) is 1.65. The molecular formula is C9H19ClN2O. The van der Waals surface area contributed by atoms with Crippen molar-refractivity contribution in [1.29, 1.82) is 0 Å². The van der Waals surface area contributed by atoms with Crippen LogP contribution in [0.15, 0.2) is 0 Å². The molecule has 4 heteroatoms. The number of alkyl halides is 1. The van der Waals surface area contributed by atoms with Gasteiger partial charge in [0.15, 0.2) is 0 Å². The number of likely N-dealkylation sites (N-methyl/N-ethyl adjacent to an activating group) is 1. The summed E-state index contributed by atoms with van der Waals surface area (Å²) in [7, 11) is 0. The Morgan fingerprint density at radius 2 is 2.46 bits per heavy atom. The van der Waals surface area contributed by atoms with Crippen LogP contribution < -0.4 is 5.32 Å². The molecule has 1 fully saturated rings. The minimum absolute atomic E-state index is 0.344. The molecule has 0 radical (unpaired) electrons. The molecule has 1 saturated heterocycles. The second kappa shape index (κ2) is 6.60. The number of nitrogens with one attached hydrogen (secondary N) is 1. The van der Waals surface area contributed by atoms with Crippen LogP contribution >= 0.6 is 11.6 Å². The molecule has 13 heavy (non-hydrogen) atoms. The van der Waals surface area contributed by atoms with Gasteiger partial charge in [-0.05, 0) is 6.54 Å². The largest absolute Gasteiger partial charge is 0.374 e. The molecule has 0 spiro atoms. The Labute approximate surface area is 85.4 Å². The summed E-state index contributed by atoms with van der Waals surface area (Å²) in [4.78, 5) is 2.41. The summed E-state index contributed by atoms with van der Waals surface area (Å²) in [6.45, 7) is 8.08. The van der Waals surface area contributed by atoms with Crippen LogP contribution in [0.1, 0.15) is 6.92 Å². The first-order chi connectivity index (χ1) is 6.36. The average Bonchev–Trinajstić information content (AvgIpc) is 2.19. The van der Waals surface area contributed by atoms with Crippen LogP contribution in [0.4, 0.5) is 0 Å². The Bertz CT molecular complexity index is 135. The fraction of sp³-hybridized carbons (Fsp3) is 1.00. The molecule has 1 rings (SSSR count). The Morgan fingerprint density at radius 1 is 1.62 bits per heavy atom. The van der Waals surface area contributed by atoms with Crippen molar-refractivity contribution >= 4 is 11.6 Å². The van der Waals surface area contributed by atoms with Crippen molar-refractivity contribution in [2.24, 2.45) is 0 Å². The maximum absolute atomic E-state index is 5.61. The van der Waals surface area contributed by atoms with Gasteiger partial charge in [0, 0.05) is 32.1 Å². The predicted molar refractivity (Wildman–Crippen MR) is 55.4 cm³/mol. The van der Waals surface area contributed by atoms with Crippen LogP contribution in [0.3, 0.4) is 0 Å². The molecule has 0 aliphatic carbocycles. The summed E-state index contributed by atoms with van der Waals surface area (Å²) in [6.07, 6.45) is 0.344. The first kappa shape index (κ1) is 11.2. The molecule has 0 aromatic heterocycles. The minimum Gasteiger partial charge on any atom is -0.374 e. The minimum atomic E-state index is 0.344. The first-order valence-electron chi connectivity index (χ1n) is 4.97. The van der Waals surface area contributed by atoms with Gasteiger partial charge in [0.2, 0.25) is 0 Å². The number of hydrogen-bond donors (Lipinski definition) is 1. The Kier molecular flexibility index (Phi) is 5.71. The van der Waals surface area contributed by atoms with Crippen molar-refractivity contribution in [3.8, 4) is 0 Å². The molecule has 1 unspecified atom stereocenters. The van der Waals surface area contributed by atoms with E-state index in [4.69, 9.17) is 16.3 Å². The summed E-state index contributed by atoms with van der Waals surface area (Å²) in [5, 5.41) is 3.27. The number of halogens is 1. The van der Waals surface area contributed by atoms with E-state index >= 15 is 0 Å². The summed E-state index contributed by atoms with van der Waals surface area (Å²) < 4.78 is 5.61. The third-order valence-corrected chi connectivity index (χ3v) is 2.50. The summed E-state index contributed by atoms with van der Waals surface area (Å²) in [5.41, 5.74) is 0. The second-order valence-corrected chi connectivity index (χ2v) is 3.66. The Morgan fingerprint density at radius 3 is 3.15 bits per heavy atom. The van der Waals surface area contributed by atoms with Gasteiger partial charge in [-0.2, -0.15) is 0 Å². The lowest BCUT2D eigenvalue weighted by Crippen LogP contribution is -2.46. The highest BCUT2D eigenvalue weighted by molar-refractivity contribution is 6.18. The zero-order chi connectivity index (χ0) is 9.52. The summed E-state index contributed by atoms with van der Waals surface area (Å²) >= 11 is 5.56. The van der Waals surface area contributed by atoms with Gasteiger partial charge in [-0.3, -0.25) is 4.90 Å². The molecule has 1 atom stereocenters. The van der Waals surface area contributed by atoms with Gasteiger partial charge >= 0.3 is 0 Å². The molecule has 0 aromatic rings. The van der Waals surface area contributed by atoms with Crippen molar-refractivity contribution in [1.82, 2.24) is 10.2 Å². The van der Waals surface area contributed by atoms with Gasteiger partial charge in [0.1, 0.15) is 0 Å². The lowest BCUT2D eigenvalue weighted by Gasteiger charge is -2.32.